The van der Waals surface area contributed by atoms with E-state index in [1.807, 2.05) is 46.8 Å². The van der Waals surface area contributed by atoms with Crippen molar-refractivity contribution in [2.75, 3.05) is 7.05 Å². The number of nitrogens with zero attached hydrogens (tertiary/aromatic N) is 2. The van der Waals surface area contributed by atoms with Gasteiger partial charge < -0.3 is 4.90 Å². The lowest BCUT2D eigenvalue weighted by molar-refractivity contribution is -0.130. The van der Waals surface area contributed by atoms with E-state index in [9.17, 15) is 4.79 Å². The van der Waals surface area contributed by atoms with E-state index in [-0.39, 0.29) is 5.91 Å². The van der Waals surface area contributed by atoms with Crippen LogP contribution >= 0.6 is 0 Å². The second-order valence-corrected chi connectivity index (χ2v) is 3.41. The molecule has 0 saturated carbocycles. The summed E-state index contributed by atoms with van der Waals surface area (Å²) in [5.74, 6) is 0.124. The van der Waals surface area contributed by atoms with Gasteiger partial charge >= 0.3 is 0 Å². The molecular formula is C16H26N2O. The lowest BCUT2D eigenvalue weighted by Gasteiger charge is -2.16. The highest BCUT2D eigenvalue weighted by atomic mass is 16.2. The fraction of sp³-hybridized carbons (Fsp3) is 0.500. The van der Waals surface area contributed by atoms with Crippen molar-refractivity contribution in [3.63, 3.8) is 0 Å². The Hall–Kier alpha value is -1.82. The summed E-state index contributed by atoms with van der Waals surface area (Å²) in [5.41, 5.74) is 1.68. The van der Waals surface area contributed by atoms with E-state index in [4.69, 9.17) is 5.26 Å². The quantitative estimate of drug-likeness (QED) is 0.827. The summed E-state index contributed by atoms with van der Waals surface area (Å²) in [6.07, 6.45) is 0.521. The number of carbonyl (C=O) groups is 1. The molecule has 3 nitrogen and oxygen atoms in total. The topological polar surface area (TPSA) is 44.1 Å². The molecule has 0 spiro atoms. The molecule has 0 fully saturated rings. The van der Waals surface area contributed by atoms with Gasteiger partial charge in [0.05, 0.1) is 11.6 Å². The van der Waals surface area contributed by atoms with E-state index in [0.29, 0.717) is 18.5 Å². The molecule has 1 aromatic carbocycles. The van der Waals surface area contributed by atoms with Crippen LogP contribution in [0.15, 0.2) is 24.3 Å². The molecule has 1 aromatic rings. The van der Waals surface area contributed by atoms with Crippen LogP contribution in [0, 0.1) is 11.3 Å². The first kappa shape index (κ1) is 19.5. The predicted molar refractivity (Wildman–Crippen MR) is 80.6 cm³/mol. The molecule has 0 saturated heterocycles. The van der Waals surface area contributed by atoms with Gasteiger partial charge in [-0.05, 0) is 17.7 Å². The molecule has 0 bridgehead atoms. The summed E-state index contributed by atoms with van der Waals surface area (Å²) >= 11 is 0. The van der Waals surface area contributed by atoms with Crippen LogP contribution in [0.4, 0.5) is 0 Å². The van der Waals surface area contributed by atoms with E-state index in [2.05, 4.69) is 6.07 Å². The third-order valence-corrected chi connectivity index (χ3v) is 2.23. The first-order valence-electron chi connectivity index (χ1n) is 6.90. The second kappa shape index (κ2) is 12.6. The molecule has 1 rings (SSSR count). The van der Waals surface area contributed by atoms with Gasteiger partial charge in [-0.3, -0.25) is 4.79 Å². The fourth-order valence-electron chi connectivity index (χ4n) is 1.32. The maximum absolute atomic E-state index is 11.3. The Kier molecular flexibility index (Phi) is 13.0. The van der Waals surface area contributed by atoms with Crippen molar-refractivity contribution < 1.29 is 4.79 Å². The number of nitriles is 1. The van der Waals surface area contributed by atoms with E-state index >= 15 is 0 Å². The summed E-state index contributed by atoms with van der Waals surface area (Å²) in [6.45, 7) is 10.4. The number of carbonyl (C=O) groups excluding carboxylic acids is 1. The number of amides is 1. The Bertz CT molecular complexity index is 377. The normalized spacial score (nSPS) is 8.05. The van der Waals surface area contributed by atoms with Crippen LogP contribution in [0.5, 0.6) is 0 Å². The highest BCUT2D eigenvalue weighted by Crippen LogP contribution is 2.06. The van der Waals surface area contributed by atoms with Gasteiger partial charge in [-0.15, -0.1) is 0 Å². The van der Waals surface area contributed by atoms with Crippen LogP contribution in [0.2, 0.25) is 0 Å². The van der Waals surface area contributed by atoms with Gasteiger partial charge in [0, 0.05) is 20.0 Å². The van der Waals surface area contributed by atoms with Crippen LogP contribution in [0.1, 0.15) is 52.2 Å². The molecule has 0 aliphatic rings. The molecule has 0 heterocycles. The Labute approximate surface area is 117 Å². The molecule has 0 aliphatic heterocycles. The van der Waals surface area contributed by atoms with Crippen LogP contribution in [-0.4, -0.2) is 17.9 Å². The minimum Gasteiger partial charge on any atom is -0.341 e. The largest absolute Gasteiger partial charge is 0.341 e. The van der Waals surface area contributed by atoms with Crippen LogP contribution in [-0.2, 0) is 11.3 Å². The predicted octanol–water partition coefficient (Wildman–Crippen LogP) is 3.98. The zero-order valence-corrected chi connectivity index (χ0v) is 13.0. The molecule has 106 valence electrons. The highest BCUT2D eigenvalue weighted by molar-refractivity contribution is 5.75. The third kappa shape index (κ3) is 7.99. The average Bonchev–Trinajstić information content (AvgIpc) is 2.51. The molecule has 3 heteroatoms. The minimum absolute atomic E-state index is 0.124. The van der Waals surface area contributed by atoms with Crippen molar-refractivity contribution in [2.45, 2.75) is 47.6 Å². The monoisotopic (exact) mass is 262 g/mol. The summed E-state index contributed by atoms with van der Waals surface area (Å²) < 4.78 is 0. The van der Waals surface area contributed by atoms with Crippen molar-refractivity contribution in [2.24, 2.45) is 0 Å². The number of rotatable bonds is 3. The second-order valence-electron chi connectivity index (χ2n) is 3.41. The summed E-state index contributed by atoms with van der Waals surface area (Å²) in [7, 11) is 1.78. The van der Waals surface area contributed by atoms with Crippen molar-refractivity contribution in [3.8, 4) is 6.07 Å². The van der Waals surface area contributed by atoms with Gasteiger partial charge in [-0.25, -0.2) is 0 Å². The summed E-state index contributed by atoms with van der Waals surface area (Å²) in [5, 5.41) is 8.62. The van der Waals surface area contributed by atoms with E-state index in [1.54, 1.807) is 24.1 Å². The molecule has 1 amide bonds. The van der Waals surface area contributed by atoms with Crippen molar-refractivity contribution in [1.29, 1.82) is 5.26 Å². The van der Waals surface area contributed by atoms with Gasteiger partial charge in [-0.2, -0.15) is 5.26 Å². The van der Waals surface area contributed by atoms with Crippen LogP contribution in [0.3, 0.4) is 0 Å². The molecule has 0 atom stereocenters. The first-order chi connectivity index (χ1) is 9.17. The standard InChI is InChI=1S/C12H14N2O.2C2H6/c1-3-12(15)14(2)9-11-6-4-10(8-13)5-7-11;2*1-2/h4-7H,3,9H2,1-2H3;2*1-2H3. The molecule has 0 aliphatic carbocycles. The number of hydrogen-bond donors (Lipinski definition) is 0. The fourth-order valence-corrected chi connectivity index (χ4v) is 1.32. The Morgan fingerprint density at radius 1 is 1.16 bits per heavy atom. The maximum Gasteiger partial charge on any atom is 0.222 e. The lowest BCUT2D eigenvalue weighted by Crippen LogP contribution is -2.25. The molecule has 0 radical (unpaired) electrons. The molecule has 19 heavy (non-hydrogen) atoms. The van der Waals surface area contributed by atoms with Gasteiger partial charge in [-0.1, -0.05) is 46.8 Å². The third-order valence-electron chi connectivity index (χ3n) is 2.23. The zero-order valence-electron chi connectivity index (χ0n) is 13.0. The Morgan fingerprint density at radius 2 is 1.63 bits per heavy atom. The summed E-state index contributed by atoms with van der Waals surface area (Å²) in [6, 6.07) is 9.33. The van der Waals surface area contributed by atoms with E-state index in [0.717, 1.165) is 5.56 Å². The lowest BCUT2D eigenvalue weighted by atomic mass is 10.1. The summed E-state index contributed by atoms with van der Waals surface area (Å²) in [4.78, 5) is 13.0. The zero-order chi connectivity index (χ0) is 15.3. The maximum atomic E-state index is 11.3. The molecular weight excluding hydrogens is 236 g/mol. The van der Waals surface area contributed by atoms with Gasteiger partial charge in [0.1, 0.15) is 0 Å². The smallest absolute Gasteiger partial charge is 0.222 e. The van der Waals surface area contributed by atoms with Crippen molar-refractivity contribution >= 4 is 5.91 Å². The van der Waals surface area contributed by atoms with E-state index < -0.39 is 0 Å². The minimum atomic E-state index is 0.124. The SMILES string of the molecule is CC.CC.CCC(=O)N(C)Cc1ccc(C#N)cc1. The highest BCUT2D eigenvalue weighted by Gasteiger charge is 2.05. The van der Waals surface area contributed by atoms with Crippen molar-refractivity contribution in [1.82, 2.24) is 4.90 Å². The van der Waals surface area contributed by atoms with Crippen LogP contribution < -0.4 is 0 Å². The van der Waals surface area contributed by atoms with Crippen LogP contribution in [0.25, 0.3) is 0 Å². The number of benzene rings is 1. The van der Waals surface area contributed by atoms with Gasteiger partial charge in [0.2, 0.25) is 5.91 Å². The molecule has 0 N–H and O–H groups in total. The van der Waals surface area contributed by atoms with Gasteiger partial charge in [0.15, 0.2) is 0 Å². The first-order valence-corrected chi connectivity index (χ1v) is 6.90. The van der Waals surface area contributed by atoms with Gasteiger partial charge in [0.25, 0.3) is 0 Å². The number of hydrogen-bond acceptors (Lipinski definition) is 2. The Morgan fingerprint density at radius 3 is 2.00 bits per heavy atom. The van der Waals surface area contributed by atoms with Crippen molar-refractivity contribution in [3.05, 3.63) is 35.4 Å². The average molecular weight is 262 g/mol. The molecule has 0 aromatic heterocycles. The Balaban J connectivity index is 0. The molecule has 0 unspecified atom stereocenters. The van der Waals surface area contributed by atoms with E-state index in [1.165, 1.54) is 0 Å².